The number of aliphatic hydroxyl groups is 1. The van der Waals surface area contributed by atoms with Gasteiger partial charge in [-0.3, -0.25) is 4.90 Å². The smallest absolute Gasteiger partial charge is 0.0917 e. The van der Waals surface area contributed by atoms with Crippen LogP contribution in [-0.4, -0.2) is 29.1 Å². The molecule has 3 nitrogen and oxygen atoms in total. The molecular weight excluding hydrogens is 248 g/mol. The summed E-state index contributed by atoms with van der Waals surface area (Å²) in [5, 5.41) is 10.5. The second kappa shape index (κ2) is 6.15. The number of nitrogens with two attached hydrogens (primary N) is 1. The summed E-state index contributed by atoms with van der Waals surface area (Å²) in [6.07, 6.45) is 7.74. The SMILES string of the molecule is Nc1cccc(C(O)CN2CCCC2C2CCCC2)c1. The summed E-state index contributed by atoms with van der Waals surface area (Å²) < 4.78 is 0. The number of β-amino-alcohol motifs (C(OH)–C–C–N with tert-alkyl or cyclic N) is 1. The minimum atomic E-state index is -0.416. The van der Waals surface area contributed by atoms with Gasteiger partial charge in [-0.2, -0.15) is 0 Å². The largest absolute Gasteiger partial charge is 0.399 e. The lowest BCUT2D eigenvalue weighted by Gasteiger charge is -2.31. The first-order valence-electron chi connectivity index (χ1n) is 8.01. The Morgan fingerprint density at radius 1 is 1.20 bits per heavy atom. The lowest BCUT2D eigenvalue weighted by Crippen LogP contribution is -2.37. The van der Waals surface area contributed by atoms with Crippen LogP contribution in [0.25, 0.3) is 0 Å². The van der Waals surface area contributed by atoms with Crippen LogP contribution in [0, 0.1) is 5.92 Å². The second-order valence-corrected chi connectivity index (χ2v) is 6.43. The topological polar surface area (TPSA) is 49.5 Å². The molecule has 0 amide bonds. The molecular formula is C17H26N2O. The lowest BCUT2D eigenvalue weighted by molar-refractivity contribution is 0.0894. The van der Waals surface area contributed by atoms with Gasteiger partial charge in [0, 0.05) is 18.3 Å². The van der Waals surface area contributed by atoms with Crippen LogP contribution < -0.4 is 5.73 Å². The van der Waals surface area contributed by atoms with Gasteiger partial charge in [-0.25, -0.2) is 0 Å². The molecule has 2 aliphatic rings. The zero-order chi connectivity index (χ0) is 13.9. The molecule has 20 heavy (non-hydrogen) atoms. The van der Waals surface area contributed by atoms with Crippen molar-refractivity contribution in [3.8, 4) is 0 Å². The van der Waals surface area contributed by atoms with Crippen molar-refractivity contribution in [3.63, 3.8) is 0 Å². The molecule has 1 aromatic rings. The summed E-state index contributed by atoms with van der Waals surface area (Å²) in [4.78, 5) is 2.52. The van der Waals surface area contributed by atoms with E-state index in [0.29, 0.717) is 6.04 Å². The Labute approximate surface area is 121 Å². The Hall–Kier alpha value is -1.06. The van der Waals surface area contributed by atoms with Gasteiger partial charge in [0.05, 0.1) is 6.10 Å². The van der Waals surface area contributed by atoms with Crippen molar-refractivity contribution in [2.45, 2.75) is 50.7 Å². The van der Waals surface area contributed by atoms with Gasteiger partial charge in [0.1, 0.15) is 0 Å². The average molecular weight is 274 g/mol. The molecule has 3 rings (SSSR count). The third-order valence-corrected chi connectivity index (χ3v) is 5.06. The van der Waals surface area contributed by atoms with Crippen LogP contribution in [0.3, 0.4) is 0 Å². The number of anilines is 1. The Balaban J connectivity index is 1.64. The number of nitrogen functional groups attached to an aromatic ring is 1. The highest BCUT2D eigenvalue weighted by Crippen LogP contribution is 2.36. The number of likely N-dealkylation sites (tertiary alicyclic amines) is 1. The van der Waals surface area contributed by atoms with Crippen LogP contribution >= 0.6 is 0 Å². The van der Waals surface area contributed by atoms with Crippen molar-refractivity contribution in [1.29, 1.82) is 0 Å². The number of nitrogens with zero attached hydrogens (tertiary/aromatic N) is 1. The van der Waals surface area contributed by atoms with Crippen molar-refractivity contribution in [2.75, 3.05) is 18.8 Å². The lowest BCUT2D eigenvalue weighted by atomic mass is 9.95. The predicted octanol–water partition coefficient (Wildman–Crippen LogP) is 2.96. The molecule has 2 fully saturated rings. The molecule has 1 saturated heterocycles. The van der Waals surface area contributed by atoms with Crippen LogP contribution in [0.4, 0.5) is 5.69 Å². The minimum absolute atomic E-state index is 0.416. The van der Waals surface area contributed by atoms with E-state index in [4.69, 9.17) is 5.73 Å². The third-order valence-electron chi connectivity index (χ3n) is 5.06. The molecule has 1 aliphatic carbocycles. The molecule has 0 spiro atoms. The van der Waals surface area contributed by atoms with E-state index in [1.165, 1.54) is 38.5 Å². The maximum absolute atomic E-state index is 10.5. The molecule has 2 unspecified atom stereocenters. The normalized spacial score (nSPS) is 26.1. The molecule has 0 aromatic heterocycles. The Bertz CT molecular complexity index is 442. The van der Waals surface area contributed by atoms with Crippen molar-refractivity contribution >= 4 is 5.69 Å². The van der Waals surface area contributed by atoms with Gasteiger partial charge in [-0.05, 0) is 55.8 Å². The maximum Gasteiger partial charge on any atom is 0.0917 e. The van der Waals surface area contributed by atoms with E-state index in [1.54, 1.807) is 0 Å². The van der Waals surface area contributed by atoms with E-state index >= 15 is 0 Å². The van der Waals surface area contributed by atoms with Gasteiger partial charge in [0.25, 0.3) is 0 Å². The number of rotatable bonds is 4. The summed E-state index contributed by atoms with van der Waals surface area (Å²) in [5.74, 6) is 0.866. The monoisotopic (exact) mass is 274 g/mol. The van der Waals surface area contributed by atoms with Crippen LogP contribution in [0.15, 0.2) is 24.3 Å². The maximum atomic E-state index is 10.5. The van der Waals surface area contributed by atoms with Crippen LogP contribution in [0.1, 0.15) is 50.2 Å². The molecule has 3 heteroatoms. The fraction of sp³-hybridized carbons (Fsp3) is 0.647. The molecule has 3 N–H and O–H groups in total. The van der Waals surface area contributed by atoms with E-state index in [9.17, 15) is 5.11 Å². The van der Waals surface area contributed by atoms with Gasteiger partial charge in [0.15, 0.2) is 0 Å². The Morgan fingerprint density at radius 2 is 2.00 bits per heavy atom. The standard InChI is InChI=1S/C17H26N2O/c18-15-8-3-7-14(11-15)17(20)12-19-10-4-9-16(19)13-5-1-2-6-13/h3,7-8,11,13,16-17,20H,1-2,4-6,9-10,12,18H2. The number of hydrogen-bond donors (Lipinski definition) is 2. The second-order valence-electron chi connectivity index (χ2n) is 6.43. The summed E-state index contributed by atoms with van der Waals surface area (Å²) in [5.41, 5.74) is 7.48. The Morgan fingerprint density at radius 3 is 2.75 bits per heavy atom. The Kier molecular flexibility index (Phi) is 4.27. The van der Waals surface area contributed by atoms with Crippen molar-refractivity contribution in [3.05, 3.63) is 29.8 Å². The molecule has 1 aromatic carbocycles. The van der Waals surface area contributed by atoms with Gasteiger partial charge in [-0.15, -0.1) is 0 Å². The van der Waals surface area contributed by atoms with Crippen LogP contribution in [-0.2, 0) is 0 Å². The number of benzene rings is 1. The number of aliphatic hydroxyl groups excluding tert-OH is 1. The van der Waals surface area contributed by atoms with Crippen LogP contribution in [0.2, 0.25) is 0 Å². The summed E-state index contributed by atoms with van der Waals surface area (Å²) in [7, 11) is 0. The first-order chi connectivity index (χ1) is 9.74. The van der Waals surface area contributed by atoms with Gasteiger partial charge in [0.2, 0.25) is 0 Å². The van der Waals surface area contributed by atoms with Gasteiger partial charge >= 0.3 is 0 Å². The summed E-state index contributed by atoms with van der Waals surface area (Å²) >= 11 is 0. The molecule has 1 aliphatic heterocycles. The van der Waals surface area contributed by atoms with Gasteiger partial charge in [-0.1, -0.05) is 25.0 Å². The van der Waals surface area contributed by atoms with E-state index in [0.717, 1.165) is 30.3 Å². The van der Waals surface area contributed by atoms with E-state index in [-0.39, 0.29) is 0 Å². The van der Waals surface area contributed by atoms with Crippen molar-refractivity contribution in [1.82, 2.24) is 4.90 Å². The zero-order valence-corrected chi connectivity index (χ0v) is 12.2. The van der Waals surface area contributed by atoms with E-state index in [1.807, 2.05) is 24.3 Å². The average Bonchev–Trinajstić information content (AvgIpc) is 3.08. The van der Waals surface area contributed by atoms with Crippen LogP contribution in [0.5, 0.6) is 0 Å². The highest BCUT2D eigenvalue weighted by molar-refractivity contribution is 5.41. The molecule has 1 saturated carbocycles. The third kappa shape index (κ3) is 2.99. The molecule has 2 atom stereocenters. The molecule has 0 radical (unpaired) electrons. The van der Waals surface area contributed by atoms with Crippen molar-refractivity contribution in [2.24, 2.45) is 5.92 Å². The van der Waals surface area contributed by atoms with E-state index < -0.39 is 6.10 Å². The quantitative estimate of drug-likeness (QED) is 0.830. The fourth-order valence-electron chi connectivity index (χ4n) is 4.05. The highest BCUT2D eigenvalue weighted by atomic mass is 16.3. The summed E-state index contributed by atoms with van der Waals surface area (Å²) in [6.45, 7) is 1.89. The first kappa shape index (κ1) is 13.9. The highest BCUT2D eigenvalue weighted by Gasteiger charge is 2.34. The number of hydrogen-bond acceptors (Lipinski definition) is 3. The molecule has 110 valence electrons. The molecule has 1 heterocycles. The van der Waals surface area contributed by atoms with E-state index in [2.05, 4.69) is 4.90 Å². The zero-order valence-electron chi connectivity index (χ0n) is 12.2. The predicted molar refractivity (Wildman–Crippen MR) is 82.4 cm³/mol. The fourth-order valence-corrected chi connectivity index (χ4v) is 4.05. The van der Waals surface area contributed by atoms with Crippen molar-refractivity contribution < 1.29 is 5.11 Å². The molecule has 0 bridgehead atoms. The first-order valence-corrected chi connectivity index (χ1v) is 8.01. The van der Waals surface area contributed by atoms with Gasteiger partial charge < -0.3 is 10.8 Å². The summed E-state index contributed by atoms with van der Waals surface area (Å²) in [6, 6.07) is 8.36. The minimum Gasteiger partial charge on any atom is -0.399 e.